The van der Waals surface area contributed by atoms with Crippen LogP contribution in [0.15, 0.2) is 24.3 Å². The molecule has 0 spiro atoms. The fourth-order valence-corrected chi connectivity index (χ4v) is 3.31. The van der Waals surface area contributed by atoms with Crippen LogP contribution in [0.2, 0.25) is 0 Å². The van der Waals surface area contributed by atoms with Gasteiger partial charge in [-0.1, -0.05) is 44.4 Å². The zero-order chi connectivity index (χ0) is 14.4. The zero-order valence-electron chi connectivity index (χ0n) is 13.4. The molecule has 2 rings (SSSR count). The predicted octanol–water partition coefficient (Wildman–Crippen LogP) is 4.52. The molecule has 0 radical (unpaired) electrons. The van der Waals surface area contributed by atoms with E-state index in [0.29, 0.717) is 6.04 Å². The Morgan fingerprint density at radius 2 is 1.90 bits per heavy atom. The van der Waals surface area contributed by atoms with E-state index >= 15 is 0 Å². The normalized spacial score (nSPS) is 17.9. The average molecular weight is 274 g/mol. The number of nitrogens with zero attached hydrogens (tertiary/aromatic N) is 1. The van der Waals surface area contributed by atoms with Gasteiger partial charge >= 0.3 is 0 Å². The molecule has 1 aromatic rings. The standard InChI is InChI=1S/C18H30N2/c1-4-14-19-15(2)17-12-8-9-13-18(17)20(3)16-10-6-5-7-11-16/h8-9,12-13,15-16,19H,4-7,10-11,14H2,1-3H3. The first kappa shape index (κ1) is 15.4. The van der Waals surface area contributed by atoms with Crippen molar-refractivity contribution < 1.29 is 0 Å². The number of hydrogen-bond donors (Lipinski definition) is 1. The van der Waals surface area contributed by atoms with Crippen LogP contribution >= 0.6 is 0 Å². The van der Waals surface area contributed by atoms with Gasteiger partial charge in [0.25, 0.3) is 0 Å². The summed E-state index contributed by atoms with van der Waals surface area (Å²) in [4.78, 5) is 2.53. The Labute approximate surface area is 124 Å². The van der Waals surface area contributed by atoms with Gasteiger partial charge in [-0.2, -0.15) is 0 Å². The molecule has 0 heterocycles. The van der Waals surface area contributed by atoms with Gasteiger partial charge in [-0.05, 0) is 44.4 Å². The second-order valence-corrected chi connectivity index (χ2v) is 6.14. The summed E-state index contributed by atoms with van der Waals surface area (Å²) in [5, 5.41) is 3.62. The lowest BCUT2D eigenvalue weighted by atomic mass is 9.93. The molecule has 1 aliphatic rings. The molecule has 0 aromatic heterocycles. The fraction of sp³-hybridized carbons (Fsp3) is 0.667. The third-order valence-electron chi connectivity index (χ3n) is 4.61. The van der Waals surface area contributed by atoms with Crippen LogP contribution in [-0.4, -0.2) is 19.6 Å². The van der Waals surface area contributed by atoms with Gasteiger partial charge in [-0.3, -0.25) is 0 Å². The highest BCUT2D eigenvalue weighted by Gasteiger charge is 2.21. The molecular weight excluding hydrogens is 244 g/mol. The summed E-state index contributed by atoms with van der Waals surface area (Å²) in [6, 6.07) is 10.1. The minimum atomic E-state index is 0.428. The molecule has 20 heavy (non-hydrogen) atoms. The Bertz CT molecular complexity index is 396. The quantitative estimate of drug-likeness (QED) is 0.820. The van der Waals surface area contributed by atoms with Crippen LogP contribution in [0.4, 0.5) is 5.69 Å². The van der Waals surface area contributed by atoms with E-state index in [2.05, 4.69) is 55.4 Å². The number of benzene rings is 1. The third kappa shape index (κ3) is 3.76. The summed E-state index contributed by atoms with van der Waals surface area (Å²) in [5.41, 5.74) is 2.85. The van der Waals surface area contributed by atoms with Crippen molar-refractivity contribution in [3.05, 3.63) is 29.8 Å². The Hall–Kier alpha value is -1.02. The molecule has 2 heteroatoms. The first-order valence-corrected chi connectivity index (χ1v) is 8.29. The van der Waals surface area contributed by atoms with Crippen LogP contribution in [0.1, 0.15) is 64.0 Å². The van der Waals surface area contributed by atoms with Crippen LogP contribution in [0, 0.1) is 0 Å². The molecule has 0 saturated heterocycles. The predicted molar refractivity (Wildman–Crippen MR) is 88.4 cm³/mol. The van der Waals surface area contributed by atoms with Crippen molar-refractivity contribution in [2.24, 2.45) is 0 Å². The number of anilines is 1. The van der Waals surface area contributed by atoms with E-state index in [1.807, 2.05) is 0 Å². The maximum atomic E-state index is 3.62. The molecule has 2 nitrogen and oxygen atoms in total. The van der Waals surface area contributed by atoms with Gasteiger partial charge in [0.05, 0.1) is 0 Å². The largest absolute Gasteiger partial charge is 0.371 e. The Morgan fingerprint density at radius 3 is 2.60 bits per heavy atom. The first-order valence-electron chi connectivity index (χ1n) is 8.29. The smallest absolute Gasteiger partial charge is 0.0414 e. The molecule has 0 bridgehead atoms. The van der Waals surface area contributed by atoms with Crippen molar-refractivity contribution in [3.8, 4) is 0 Å². The SMILES string of the molecule is CCCNC(C)c1ccccc1N(C)C1CCCCC1. The van der Waals surface area contributed by atoms with Crippen LogP contribution < -0.4 is 10.2 Å². The molecule has 1 unspecified atom stereocenters. The molecule has 0 aliphatic heterocycles. The Balaban J connectivity index is 2.13. The molecular formula is C18H30N2. The summed E-state index contributed by atoms with van der Waals surface area (Å²) in [7, 11) is 2.28. The summed E-state index contributed by atoms with van der Waals surface area (Å²) < 4.78 is 0. The molecule has 1 fully saturated rings. The van der Waals surface area contributed by atoms with E-state index in [4.69, 9.17) is 0 Å². The third-order valence-corrected chi connectivity index (χ3v) is 4.61. The Morgan fingerprint density at radius 1 is 1.20 bits per heavy atom. The van der Waals surface area contributed by atoms with E-state index in [-0.39, 0.29) is 0 Å². The van der Waals surface area contributed by atoms with Gasteiger partial charge in [0.2, 0.25) is 0 Å². The lowest BCUT2D eigenvalue weighted by Gasteiger charge is -2.35. The van der Waals surface area contributed by atoms with E-state index in [1.165, 1.54) is 49.8 Å². The molecule has 1 aliphatic carbocycles. The summed E-state index contributed by atoms with van der Waals surface area (Å²) >= 11 is 0. The molecule has 0 amide bonds. The average Bonchev–Trinajstić information content (AvgIpc) is 2.52. The molecule has 1 aromatic carbocycles. The minimum Gasteiger partial charge on any atom is -0.371 e. The zero-order valence-corrected chi connectivity index (χ0v) is 13.4. The first-order chi connectivity index (χ1) is 9.74. The number of rotatable bonds is 6. The van der Waals surface area contributed by atoms with Crippen LogP contribution in [-0.2, 0) is 0 Å². The molecule has 1 atom stereocenters. The highest BCUT2D eigenvalue weighted by Crippen LogP contribution is 2.31. The van der Waals surface area contributed by atoms with Gasteiger partial charge in [0.1, 0.15) is 0 Å². The summed E-state index contributed by atoms with van der Waals surface area (Å²) in [5.74, 6) is 0. The lowest BCUT2D eigenvalue weighted by Crippen LogP contribution is -2.34. The van der Waals surface area contributed by atoms with E-state index in [0.717, 1.165) is 12.6 Å². The van der Waals surface area contributed by atoms with Crippen molar-refractivity contribution in [1.82, 2.24) is 5.32 Å². The van der Waals surface area contributed by atoms with E-state index in [1.54, 1.807) is 0 Å². The van der Waals surface area contributed by atoms with Crippen LogP contribution in [0.3, 0.4) is 0 Å². The maximum absolute atomic E-state index is 3.62. The molecule has 112 valence electrons. The van der Waals surface area contributed by atoms with Crippen LogP contribution in [0.5, 0.6) is 0 Å². The number of hydrogen-bond acceptors (Lipinski definition) is 2. The second-order valence-electron chi connectivity index (χ2n) is 6.14. The fourth-order valence-electron chi connectivity index (χ4n) is 3.31. The highest BCUT2D eigenvalue weighted by atomic mass is 15.1. The topological polar surface area (TPSA) is 15.3 Å². The van der Waals surface area contributed by atoms with Crippen molar-refractivity contribution >= 4 is 5.69 Å². The molecule has 1 saturated carbocycles. The van der Waals surface area contributed by atoms with Crippen molar-refractivity contribution in [3.63, 3.8) is 0 Å². The number of nitrogens with one attached hydrogen (secondary N) is 1. The van der Waals surface area contributed by atoms with Gasteiger partial charge in [-0.15, -0.1) is 0 Å². The monoisotopic (exact) mass is 274 g/mol. The van der Waals surface area contributed by atoms with E-state index in [9.17, 15) is 0 Å². The summed E-state index contributed by atoms with van der Waals surface area (Å²) in [6.45, 7) is 5.59. The van der Waals surface area contributed by atoms with Gasteiger partial charge in [-0.25, -0.2) is 0 Å². The van der Waals surface area contributed by atoms with Crippen LogP contribution in [0.25, 0.3) is 0 Å². The van der Waals surface area contributed by atoms with E-state index < -0.39 is 0 Å². The Kier molecular flexibility index (Phi) is 5.90. The van der Waals surface area contributed by atoms with Crippen molar-refractivity contribution in [2.75, 3.05) is 18.5 Å². The van der Waals surface area contributed by atoms with Gasteiger partial charge < -0.3 is 10.2 Å². The summed E-state index contributed by atoms with van der Waals surface area (Å²) in [6.07, 6.45) is 8.08. The van der Waals surface area contributed by atoms with Gasteiger partial charge in [0.15, 0.2) is 0 Å². The second kappa shape index (κ2) is 7.68. The maximum Gasteiger partial charge on any atom is 0.0414 e. The minimum absolute atomic E-state index is 0.428. The molecule has 1 N–H and O–H groups in total. The highest BCUT2D eigenvalue weighted by molar-refractivity contribution is 5.55. The lowest BCUT2D eigenvalue weighted by molar-refractivity contribution is 0.426. The van der Waals surface area contributed by atoms with Gasteiger partial charge in [0, 0.05) is 24.8 Å². The van der Waals surface area contributed by atoms with Crippen molar-refractivity contribution in [1.29, 1.82) is 0 Å². The number of para-hydroxylation sites is 1. The van der Waals surface area contributed by atoms with Crippen molar-refractivity contribution in [2.45, 2.75) is 64.5 Å².